The molecule has 1 heterocycles. The molecule has 0 N–H and O–H groups in total. The van der Waals surface area contributed by atoms with E-state index in [1.807, 2.05) is 0 Å². The normalized spacial score (nSPS) is 12.3. The number of hydrogen-bond acceptors (Lipinski definition) is 8. The van der Waals surface area contributed by atoms with Crippen molar-refractivity contribution in [2.75, 3.05) is 18.6 Å². The van der Waals surface area contributed by atoms with Gasteiger partial charge in [-0.05, 0) is 42.5 Å². The SMILES string of the molecule is COc1ccc(N2C(=O)c3ccc(C(=O)OCC(=O)c4cccc([N+](=O)[O-])c4)cc3C2=O)cc1. The molecule has 3 aromatic rings. The van der Waals surface area contributed by atoms with Crippen LogP contribution < -0.4 is 9.64 Å². The molecular formula is C24H16N2O8. The van der Waals surface area contributed by atoms with Crippen LogP contribution in [0.15, 0.2) is 66.7 Å². The van der Waals surface area contributed by atoms with Gasteiger partial charge in [0.2, 0.25) is 5.78 Å². The van der Waals surface area contributed by atoms with Crippen LogP contribution in [0.1, 0.15) is 41.4 Å². The number of imide groups is 1. The Bertz CT molecular complexity index is 1350. The zero-order valence-corrected chi connectivity index (χ0v) is 17.7. The molecule has 4 rings (SSSR count). The highest BCUT2D eigenvalue weighted by Gasteiger charge is 2.37. The Morgan fingerprint density at radius 2 is 1.62 bits per heavy atom. The van der Waals surface area contributed by atoms with E-state index in [0.717, 1.165) is 11.0 Å². The number of hydrogen-bond donors (Lipinski definition) is 0. The molecule has 0 bridgehead atoms. The maximum atomic E-state index is 12.9. The number of non-ortho nitro benzene ring substituents is 1. The largest absolute Gasteiger partial charge is 0.497 e. The second-order valence-corrected chi connectivity index (χ2v) is 7.21. The molecule has 1 aliphatic heterocycles. The second-order valence-electron chi connectivity index (χ2n) is 7.21. The molecule has 0 aromatic heterocycles. The summed E-state index contributed by atoms with van der Waals surface area (Å²) in [5, 5.41) is 10.9. The van der Waals surface area contributed by atoms with Crippen molar-refractivity contribution >= 4 is 34.9 Å². The fourth-order valence-electron chi connectivity index (χ4n) is 3.42. The van der Waals surface area contributed by atoms with Crippen LogP contribution in [0.25, 0.3) is 0 Å². The van der Waals surface area contributed by atoms with Gasteiger partial charge in [0.25, 0.3) is 17.5 Å². The van der Waals surface area contributed by atoms with Gasteiger partial charge in [-0.2, -0.15) is 0 Å². The van der Waals surface area contributed by atoms with Crippen molar-refractivity contribution in [1.29, 1.82) is 0 Å². The van der Waals surface area contributed by atoms with Crippen molar-refractivity contribution in [1.82, 2.24) is 0 Å². The molecular weight excluding hydrogens is 444 g/mol. The number of amides is 2. The Morgan fingerprint density at radius 3 is 2.29 bits per heavy atom. The highest BCUT2D eigenvalue weighted by molar-refractivity contribution is 6.34. The summed E-state index contributed by atoms with van der Waals surface area (Å²) in [5.74, 6) is -2.09. The average Bonchev–Trinajstić information content (AvgIpc) is 3.11. The van der Waals surface area contributed by atoms with E-state index in [2.05, 4.69) is 0 Å². The van der Waals surface area contributed by atoms with E-state index < -0.39 is 35.1 Å². The number of nitro benzene ring substituents is 1. The molecule has 0 spiro atoms. The molecule has 0 unspecified atom stereocenters. The summed E-state index contributed by atoms with van der Waals surface area (Å²) >= 11 is 0. The molecule has 3 aromatic carbocycles. The molecule has 0 atom stereocenters. The number of methoxy groups -OCH3 is 1. The van der Waals surface area contributed by atoms with Crippen LogP contribution in [0.5, 0.6) is 5.75 Å². The van der Waals surface area contributed by atoms with Crippen LogP contribution >= 0.6 is 0 Å². The number of carbonyl (C=O) groups excluding carboxylic acids is 4. The van der Waals surface area contributed by atoms with Gasteiger partial charge in [-0.1, -0.05) is 12.1 Å². The van der Waals surface area contributed by atoms with Crippen molar-refractivity contribution < 1.29 is 33.6 Å². The predicted molar refractivity (Wildman–Crippen MR) is 118 cm³/mol. The monoisotopic (exact) mass is 460 g/mol. The van der Waals surface area contributed by atoms with Gasteiger partial charge in [0, 0.05) is 17.7 Å². The first-order valence-corrected chi connectivity index (χ1v) is 9.92. The van der Waals surface area contributed by atoms with Crippen LogP contribution in [-0.4, -0.2) is 42.2 Å². The molecule has 1 aliphatic rings. The third-order valence-electron chi connectivity index (χ3n) is 5.17. The third kappa shape index (κ3) is 4.11. The summed E-state index contributed by atoms with van der Waals surface area (Å²) < 4.78 is 10.1. The summed E-state index contributed by atoms with van der Waals surface area (Å²) in [7, 11) is 1.49. The van der Waals surface area contributed by atoms with Crippen LogP contribution in [0.2, 0.25) is 0 Å². The van der Waals surface area contributed by atoms with E-state index in [-0.39, 0.29) is 27.9 Å². The number of nitro groups is 1. The fourth-order valence-corrected chi connectivity index (χ4v) is 3.42. The van der Waals surface area contributed by atoms with E-state index in [0.29, 0.717) is 11.4 Å². The summed E-state index contributed by atoms with van der Waals surface area (Å²) in [5.41, 5.74) is 0.236. The van der Waals surface area contributed by atoms with Gasteiger partial charge in [0.1, 0.15) is 5.75 Å². The van der Waals surface area contributed by atoms with Crippen LogP contribution in [0.4, 0.5) is 11.4 Å². The van der Waals surface area contributed by atoms with Crippen molar-refractivity contribution in [2.45, 2.75) is 0 Å². The second kappa shape index (κ2) is 8.94. The number of Topliss-reactive ketones (excluding diaryl/α,β-unsaturated/α-hetero) is 1. The molecule has 0 aliphatic carbocycles. The molecule has 34 heavy (non-hydrogen) atoms. The average molecular weight is 460 g/mol. The Labute approximate surface area is 192 Å². The fraction of sp³-hybridized carbons (Fsp3) is 0.0833. The first kappa shape index (κ1) is 22.3. The molecule has 0 saturated carbocycles. The highest BCUT2D eigenvalue weighted by Crippen LogP contribution is 2.30. The Morgan fingerprint density at radius 1 is 0.912 bits per heavy atom. The zero-order valence-electron chi connectivity index (χ0n) is 17.7. The Balaban J connectivity index is 1.48. The van der Waals surface area contributed by atoms with Crippen molar-refractivity contribution in [3.05, 3.63) is 99.1 Å². The van der Waals surface area contributed by atoms with E-state index >= 15 is 0 Å². The van der Waals surface area contributed by atoms with E-state index in [1.165, 1.54) is 43.5 Å². The van der Waals surface area contributed by atoms with Crippen LogP contribution in [-0.2, 0) is 4.74 Å². The van der Waals surface area contributed by atoms with Gasteiger partial charge in [-0.15, -0.1) is 0 Å². The first-order valence-electron chi connectivity index (χ1n) is 9.92. The number of nitrogens with zero attached hydrogens (tertiary/aromatic N) is 2. The molecule has 170 valence electrons. The number of carbonyl (C=O) groups is 4. The van der Waals surface area contributed by atoms with E-state index in [4.69, 9.17) is 9.47 Å². The number of ketones is 1. The van der Waals surface area contributed by atoms with Crippen molar-refractivity contribution in [2.24, 2.45) is 0 Å². The lowest BCUT2D eigenvalue weighted by Crippen LogP contribution is -2.29. The predicted octanol–water partition coefficient (Wildman–Crippen LogP) is 3.44. The standard InChI is InChI=1S/C24H16N2O8/c1-33-18-8-6-16(7-9-18)25-22(28)19-10-5-15(12-20(19)23(25)29)24(30)34-13-21(27)14-3-2-4-17(11-14)26(31)32/h2-12H,13H2,1H3. The van der Waals surface area contributed by atoms with Gasteiger partial charge in [0.05, 0.1) is 34.4 Å². The third-order valence-corrected chi connectivity index (χ3v) is 5.17. The lowest BCUT2D eigenvalue weighted by molar-refractivity contribution is -0.384. The maximum Gasteiger partial charge on any atom is 0.338 e. The summed E-state index contributed by atoms with van der Waals surface area (Å²) in [4.78, 5) is 61.6. The lowest BCUT2D eigenvalue weighted by Gasteiger charge is -2.14. The minimum absolute atomic E-state index is 0.0202. The number of benzene rings is 3. The smallest absolute Gasteiger partial charge is 0.338 e. The number of rotatable bonds is 7. The molecule has 0 fully saturated rings. The van der Waals surface area contributed by atoms with E-state index in [1.54, 1.807) is 24.3 Å². The highest BCUT2D eigenvalue weighted by atomic mass is 16.6. The molecule has 0 radical (unpaired) electrons. The summed E-state index contributed by atoms with van der Waals surface area (Å²) in [6.07, 6.45) is 0. The summed E-state index contributed by atoms with van der Waals surface area (Å²) in [6, 6.07) is 15.3. The minimum Gasteiger partial charge on any atom is -0.497 e. The zero-order chi connectivity index (χ0) is 24.4. The van der Waals surface area contributed by atoms with Gasteiger partial charge in [-0.3, -0.25) is 24.5 Å². The number of fused-ring (bicyclic) bond motifs is 1. The van der Waals surface area contributed by atoms with Crippen LogP contribution in [0.3, 0.4) is 0 Å². The Kier molecular flexibility index (Phi) is 5.88. The van der Waals surface area contributed by atoms with Crippen molar-refractivity contribution in [3.63, 3.8) is 0 Å². The maximum absolute atomic E-state index is 12.9. The van der Waals surface area contributed by atoms with Gasteiger partial charge < -0.3 is 9.47 Å². The number of esters is 1. The quantitative estimate of drug-likeness (QED) is 0.172. The van der Waals surface area contributed by atoms with Crippen LogP contribution in [0, 0.1) is 10.1 Å². The molecule has 10 heteroatoms. The minimum atomic E-state index is -0.885. The van der Waals surface area contributed by atoms with Crippen molar-refractivity contribution in [3.8, 4) is 5.75 Å². The van der Waals surface area contributed by atoms with Gasteiger partial charge in [-0.25, -0.2) is 9.69 Å². The molecule has 0 saturated heterocycles. The lowest BCUT2D eigenvalue weighted by atomic mass is 10.1. The Hall–Kier alpha value is -4.86. The molecule has 10 nitrogen and oxygen atoms in total. The molecule has 2 amide bonds. The first-order chi connectivity index (χ1) is 16.3. The van der Waals surface area contributed by atoms with Gasteiger partial charge in [0.15, 0.2) is 6.61 Å². The number of ether oxygens (including phenoxy) is 2. The number of anilines is 1. The topological polar surface area (TPSA) is 133 Å². The summed E-state index contributed by atoms with van der Waals surface area (Å²) in [6.45, 7) is -0.651. The van der Waals surface area contributed by atoms with Gasteiger partial charge >= 0.3 is 5.97 Å². The van der Waals surface area contributed by atoms with E-state index in [9.17, 15) is 29.3 Å².